The van der Waals surface area contributed by atoms with Crippen LogP contribution in [-0.4, -0.2) is 39.7 Å². The van der Waals surface area contributed by atoms with Gasteiger partial charge in [0.05, 0.1) is 11.8 Å². The Hall–Kier alpha value is -3.11. The molecule has 4 unspecified atom stereocenters. The van der Waals surface area contributed by atoms with E-state index < -0.39 is 78.1 Å². The van der Waals surface area contributed by atoms with Gasteiger partial charge < -0.3 is 0 Å². The lowest BCUT2D eigenvalue weighted by Crippen LogP contribution is -2.37. The summed E-state index contributed by atoms with van der Waals surface area (Å²) in [4.78, 5) is 46.3. The van der Waals surface area contributed by atoms with E-state index in [4.69, 9.17) is 0 Å². The number of halogens is 6. The highest BCUT2D eigenvalue weighted by atomic mass is 19.4. The van der Waals surface area contributed by atoms with Gasteiger partial charge in [-0.25, -0.2) is 0 Å². The normalized spacial score (nSPS) is 28.3. The van der Waals surface area contributed by atoms with Crippen molar-refractivity contribution in [3.05, 3.63) is 60.2 Å². The predicted octanol–water partition coefficient (Wildman–Crippen LogP) is 5.03. The number of alkyl halides is 6. The summed E-state index contributed by atoms with van der Waals surface area (Å²) in [5.41, 5.74) is -4.79. The monoisotopic (exact) mass is 484 g/mol. The van der Waals surface area contributed by atoms with Crippen LogP contribution in [0.25, 0.3) is 0 Å². The molecule has 5 nitrogen and oxygen atoms in total. The summed E-state index contributed by atoms with van der Waals surface area (Å²) < 4.78 is 81.9. The Labute approximate surface area is 189 Å². The van der Waals surface area contributed by atoms with Crippen LogP contribution in [0.4, 0.5) is 26.3 Å². The second-order valence-electron chi connectivity index (χ2n) is 8.92. The first-order valence-corrected chi connectivity index (χ1v) is 10.4. The van der Waals surface area contributed by atoms with Gasteiger partial charge in [-0.3, -0.25) is 24.4 Å². The van der Waals surface area contributed by atoms with Crippen molar-refractivity contribution in [2.75, 3.05) is 0 Å². The third kappa shape index (κ3) is 4.23. The molecule has 2 aromatic heterocycles. The van der Waals surface area contributed by atoms with Gasteiger partial charge in [0.2, 0.25) is 0 Å². The third-order valence-electron chi connectivity index (χ3n) is 6.76. The molecule has 2 heterocycles. The number of ketones is 3. The molecule has 2 aliphatic rings. The van der Waals surface area contributed by atoms with Crippen molar-refractivity contribution >= 4 is 17.3 Å². The Morgan fingerprint density at radius 2 is 1.15 bits per heavy atom. The van der Waals surface area contributed by atoms with Gasteiger partial charge >= 0.3 is 12.4 Å². The molecule has 4 atom stereocenters. The molecule has 0 saturated heterocycles. The van der Waals surface area contributed by atoms with Crippen molar-refractivity contribution in [2.24, 2.45) is 22.7 Å². The van der Waals surface area contributed by atoms with Gasteiger partial charge in [0.25, 0.3) is 0 Å². The molecule has 180 valence electrons. The molecule has 11 heteroatoms. The molecule has 0 aromatic carbocycles. The molecule has 0 aliphatic heterocycles. The Kier molecular flexibility index (Phi) is 5.64. The fourth-order valence-electron chi connectivity index (χ4n) is 4.85. The second-order valence-corrected chi connectivity index (χ2v) is 8.92. The summed E-state index contributed by atoms with van der Waals surface area (Å²) in [6.45, 7) is 0. The van der Waals surface area contributed by atoms with Crippen LogP contribution < -0.4 is 0 Å². The zero-order chi connectivity index (χ0) is 24.9. The van der Waals surface area contributed by atoms with Crippen LogP contribution in [0.1, 0.15) is 46.4 Å². The minimum absolute atomic E-state index is 0.0499. The lowest BCUT2D eigenvalue weighted by molar-refractivity contribution is -0.169. The minimum Gasteiger partial charge on any atom is -0.298 e. The van der Waals surface area contributed by atoms with E-state index in [9.17, 15) is 40.7 Å². The standard InChI is InChI=1S/C23H18F6N2O3/c24-22(25,26)17-9-20(17,7-15(32)13-3-1-5-30-11-13)19(34)21(10-18(21)23(27,28)29)8-16(33)14-4-2-6-31-12-14/h1-6,11-12,17-18H,7-10H2. The van der Waals surface area contributed by atoms with Crippen molar-refractivity contribution in [1.82, 2.24) is 9.97 Å². The molecule has 2 saturated carbocycles. The predicted molar refractivity (Wildman–Crippen MR) is 105 cm³/mol. The Morgan fingerprint density at radius 1 is 0.765 bits per heavy atom. The van der Waals surface area contributed by atoms with Crippen LogP contribution in [-0.2, 0) is 4.79 Å². The van der Waals surface area contributed by atoms with E-state index in [0.717, 1.165) is 12.4 Å². The molecular weight excluding hydrogens is 466 g/mol. The van der Waals surface area contributed by atoms with Crippen molar-refractivity contribution in [1.29, 1.82) is 0 Å². The van der Waals surface area contributed by atoms with Crippen molar-refractivity contribution < 1.29 is 40.7 Å². The van der Waals surface area contributed by atoms with Crippen LogP contribution in [0.15, 0.2) is 49.1 Å². The third-order valence-corrected chi connectivity index (χ3v) is 6.76. The molecule has 2 fully saturated rings. The van der Waals surface area contributed by atoms with Crippen LogP contribution >= 0.6 is 0 Å². The van der Waals surface area contributed by atoms with E-state index in [-0.39, 0.29) is 11.1 Å². The van der Waals surface area contributed by atoms with Gasteiger partial charge in [-0.15, -0.1) is 0 Å². The summed E-state index contributed by atoms with van der Waals surface area (Å²) >= 11 is 0. The van der Waals surface area contributed by atoms with Crippen molar-refractivity contribution in [3.63, 3.8) is 0 Å². The first kappa shape index (κ1) is 24.0. The zero-order valence-electron chi connectivity index (χ0n) is 17.5. The Bertz CT molecular complexity index is 1030. The summed E-state index contributed by atoms with van der Waals surface area (Å²) in [6, 6.07) is 5.36. The topological polar surface area (TPSA) is 77.0 Å². The first-order chi connectivity index (χ1) is 15.8. The van der Waals surface area contributed by atoms with E-state index in [1.54, 1.807) is 0 Å². The average Bonchev–Trinajstić information content (AvgIpc) is 3.68. The second kappa shape index (κ2) is 7.99. The summed E-state index contributed by atoms with van der Waals surface area (Å²) in [5, 5.41) is 0. The van der Waals surface area contributed by atoms with E-state index in [1.807, 2.05) is 0 Å². The van der Waals surface area contributed by atoms with Crippen LogP contribution in [0.3, 0.4) is 0 Å². The first-order valence-electron chi connectivity index (χ1n) is 10.4. The van der Waals surface area contributed by atoms with Crippen molar-refractivity contribution in [3.8, 4) is 0 Å². The fourth-order valence-corrected chi connectivity index (χ4v) is 4.85. The number of hydrogen-bond donors (Lipinski definition) is 0. The van der Waals surface area contributed by atoms with Crippen LogP contribution in [0.2, 0.25) is 0 Å². The summed E-state index contributed by atoms with van der Waals surface area (Å²) in [6.07, 6.45) is -8.28. The van der Waals surface area contributed by atoms with Gasteiger partial charge in [0.1, 0.15) is 5.78 Å². The largest absolute Gasteiger partial charge is 0.392 e. The van der Waals surface area contributed by atoms with E-state index >= 15 is 0 Å². The molecule has 0 amide bonds. The maximum absolute atomic E-state index is 13.6. The van der Waals surface area contributed by atoms with E-state index in [0.29, 0.717) is 0 Å². The molecule has 0 spiro atoms. The molecule has 34 heavy (non-hydrogen) atoms. The van der Waals surface area contributed by atoms with Crippen LogP contribution in [0.5, 0.6) is 0 Å². The summed E-state index contributed by atoms with van der Waals surface area (Å²) in [5.74, 6) is -7.49. The van der Waals surface area contributed by atoms with Crippen molar-refractivity contribution in [2.45, 2.75) is 38.0 Å². The average molecular weight is 484 g/mol. The highest BCUT2D eigenvalue weighted by Crippen LogP contribution is 2.72. The van der Waals surface area contributed by atoms with E-state index in [1.165, 1.54) is 36.7 Å². The quantitative estimate of drug-likeness (QED) is 0.388. The highest BCUT2D eigenvalue weighted by Gasteiger charge is 2.80. The fraction of sp³-hybridized carbons (Fsp3) is 0.435. The van der Waals surface area contributed by atoms with Crippen LogP contribution in [0, 0.1) is 22.7 Å². The van der Waals surface area contributed by atoms with Gasteiger partial charge in [-0.05, 0) is 37.1 Å². The molecule has 0 bridgehead atoms. The molecule has 2 aliphatic carbocycles. The summed E-state index contributed by atoms with van der Waals surface area (Å²) in [7, 11) is 0. The number of carbonyl (C=O) groups excluding carboxylic acids is 3. The number of Topliss-reactive ketones (excluding diaryl/α,β-unsaturated/α-hetero) is 3. The number of nitrogens with zero attached hydrogens (tertiary/aromatic N) is 2. The number of hydrogen-bond acceptors (Lipinski definition) is 5. The highest BCUT2D eigenvalue weighted by molar-refractivity contribution is 6.07. The lowest BCUT2D eigenvalue weighted by Gasteiger charge is -2.25. The Balaban J connectivity index is 1.69. The van der Waals surface area contributed by atoms with Gasteiger partial charge in [-0.1, -0.05) is 0 Å². The number of pyridine rings is 2. The number of aromatic nitrogens is 2. The number of carbonyl (C=O) groups is 3. The van der Waals surface area contributed by atoms with E-state index in [2.05, 4.69) is 9.97 Å². The molecule has 0 N–H and O–H groups in total. The minimum atomic E-state index is -4.89. The molecular formula is C23H18F6N2O3. The Morgan fingerprint density at radius 3 is 1.41 bits per heavy atom. The smallest absolute Gasteiger partial charge is 0.298 e. The van der Waals surface area contributed by atoms with Gasteiger partial charge in [0.15, 0.2) is 11.6 Å². The maximum Gasteiger partial charge on any atom is 0.392 e. The maximum atomic E-state index is 13.6. The molecule has 2 aromatic rings. The molecule has 4 rings (SSSR count). The van der Waals surface area contributed by atoms with Gasteiger partial charge in [0, 0.05) is 59.6 Å². The number of rotatable bonds is 8. The lowest BCUT2D eigenvalue weighted by atomic mass is 9.77. The zero-order valence-corrected chi connectivity index (χ0v) is 17.5. The van der Waals surface area contributed by atoms with Gasteiger partial charge in [-0.2, -0.15) is 26.3 Å². The molecule has 0 radical (unpaired) electrons. The SMILES string of the molecule is O=C(CC1(C(=O)C2(CC(=O)c3cccnc3)CC2C(F)(F)F)CC1C(F)(F)F)c1cccnc1.